The summed E-state index contributed by atoms with van der Waals surface area (Å²) in [6.45, 7) is 5.22. The molecule has 6 heteroatoms. The van der Waals surface area contributed by atoms with E-state index in [2.05, 4.69) is 34.2 Å². The third kappa shape index (κ3) is 3.78. The molecule has 0 bridgehead atoms. The summed E-state index contributed by atoms with van der Waals surface area (Å²) >= 11 is 0. The molecule has 0 saturated heterocycles. The zero-order chi connectivity index (χ0) is 15.2. The van der Waals surface area contributed by atoms with Gasteiger partial charge in [-0.1, -0.05) is 13.8 Å². The molecule has 0 amide bonds. The van der Waals surface area contributed by atoms with E-state index in [1.807, 2.05) is 17.8 Å². The first-order valence-corrected chi connectivity index (χ1v) is 7.17. The monoisotopic (exact) mass is 289 g/mol. The number of hydrogen-bond acceptors (Lipinski definition) is 5. The third-order valence-corrected chi connectivity index (χ3v) is 3.38. The van der Waals surface area contributed by atoms with Gasteiger partial charge in [0.1, 0.15) is 17.9 Å². The SMILES string of the molecule is CNC(Cc1ncnn1CC(C)C)c1ccncc1OC. The fourth-order valence-corrected chi connectivity index (χ4v) is 2.34. The van der Waals surface area contributed by atoms with Crippen LogP contribution in [-0.2, 0) is 13.0 Å². The first-order chi connectivity index (χ1) is 10.2. The number of hydrogen-bond donors (Lipinski definition) is 1. The average molecular weight is 289 g/mol. The molecule has 0 aliphatic rings. The number of aromatic nitrogens is 4. The largest absolute Gasteiger partial charge is 0.495 e. The van der Waals surface area contributed by atoms with E-state index < -0.39 is 0 Å². The van der Waals surface area contributed by atoms with Gasteiger partial charge in [-0.15, -0.1) is 0 Å². The van der Waals surface area contributed by atoms with Crippen molar-refractivity contribution in [1.29, 1.82) is 0 Å². The van der Waals surface area contributed by atoms with E-state index in [9.17, 15) is 0 Å². The Hall–Kier alpha value is -1.95. The molecule has 21 heavy (non-hydrogen) atoms. The van der Waals surface area contributed by atoms with Gasteiger partial charge < -0.3 is 10.1 Å². The van der Waals surface area contributed by atoms with E-state index in [-0.39, 0.29) is 6.04 Å². The lowest BCUT2D eigenvalue weighted by Gasteiger charge is -2.19. The highest BCUT2D eigenvalue weighted by molar-refractivity contribution is 5.33. The molecule has 1 unspecified atom stereocenters. The van der Waals surface area contributed by atoms with Crippen molar-refractivity contribution in [1.82, 2.24) is 25.1 Å². The summed E-state index contributed by atoms with van der Waals surface area (Å²) in [7, 11) is 3.60. The van der Waals surface area contributed by atoms with E-state index in [1.165, 1.54) is 0 Å². The van der Waals surface area contributed by atoms with Gasteiger partial charge in [-0.05, 0) is 19.0 Å². The molecule has 0 spiro atoms. The molecule has 2 heterocycles. The normalized spacial score (nSPS) is 12.6. The number of rotatable bonds is 7. The molecular weight excluding hydrogens is 266 g/mol. The highest BCUT2D eigenvalue weighted by Gasteiger charge is 2.18. The zero-order valence-corrected chi connectivity index (χ0v) is 13.1. The summed E-state index contributed by atoms with van der Waals surface area (Å²) in [5, 5.41) is 7.64. The van der Waals surface area contributed by atoms with Gasteiger partial charge in [0, 0.05) is 30.8 Å². The highest BCUT2D eigenvalue weighted by atomic mass is 16.5. The number of ether oxygens (including phenoxy) is 1. The van der Waals surface area contributed by atoms with Crippen LogP contribution < -0.4 is 10.1 Å². The maximum atomic E-state index is 5.40. The number of methoxy groups -OCH3 is 1. The van der Waals surface area contributed by atoms with E-state index in [4.69, 9.17) is 4.74 Å². The van der Waals surface area contributed by atoms with Crippen molar-refractivity contribution in [2.24, 2.45) is 5.92 Å². The van der Waals surface area contributed by atoms with Crippen molar-refractivity contribution in [3.05, 3.63) is 36.2 Å². The van der Waals surface area contributed by atoms with E-state index in [0.717, 1.165) is 30.1 Å². The molecule has 0 saturated carbocycles. The summed E-state index contributed by atoms with van der Waals surface area (Å²) in [6.07, 6.45) is 5.89. The Bertz CT molecular complexity index is 567. The van der Waals surface area contributed by atoms with E-state index >= 15 is 0 Å². The second-order valence-corrected chi connectivity index (χ2v) is 5.42. The predicted molar refractivity (Wildman–Crippen MR) is 81.2 cm³/mol. The maximum Gasteiger partial charge on any atom is 0.141 e. The van der Waals surface area contributed by atoms with Gasteiger partial charge in [0.2, 0.25) is 0 Å². The minimum Gasteiger partial charge on any atom is -0.495 e. The third-order valence-electron chi connectivity index (χ3n) is 3.38. The van der Waals surface area contributed by atoms with Crippen LogP contribution in [0.15, 0.2) is 24.8 Å². The van der Waals surface area contributed by atoms with Crippen LogP contribution in [0.4, 0.5) is 0 Å². The van der Waals surface area contributed by atoms with Gasteiger partial charge in [-0.25, -0.2) is 9.67 Å². The smallest absolute Gasteiger partial charge is 0.141 e. The number of pyridine rings is 1. The van der Waals surface area contributed by atoms with Crippen LogP contribution in [0.25, 0.3) is 0 Å². The first-order valence-electron chi connectivity index (χ1n) is 7.17. The molecule has 2 aromatic heterocycles. The van der Waals surface area contributed by atoms with Crippen molar-refractivity contribution in [2.45, 2.75) is 32.9 Å². The van der Waals surface area contributed by atoms with E-state index in [1.54, 1.807) is 25.8 Å². The molecule has 0 fully saturated rings. The van der Waals surface area contributed by atoms with Crippen LogP contribution >= 0.6 is 0 Å². The topological polar surface area (TPSA) is 64.9 Å². The molecule has 1 atom stereocenters. The fraction of sp³-hybridized carbons (Fsp3) is 0.533. The zero-order valence-electron chi connectivity index (χ0n) is 13.1. The molecule has 0 aliphatic heterocycles. The van der Waals surface area contributed by atoms with Gasteiger partial charge in [0.05, 0.1) is 13.3 Å². The van der Waals surface area contributed by atoms with Crippen LogP contribution in [0, 0.1) is 5.92 Å². The standard InChI is InChI=1S/C15H23N5O/c1-11(2)9-20-15(18-10-19-20)7-13(16-3)12-5-6-17-8-14(12)21-4/h5-6,8,10-11,13,16H,7,9H2,1-4H3. The Kier molecular flexibility index (Phi) is 5.27. The van der Waals surface area contributed by atoms with Crippen molar-refractivity contribution < 1.29 is 4.74 Å². The Balaban J connectivity index is 2.21. The van der Waals surface area contributed by atoms with Gasteiger partial charge in [0.25, 0.3) is 0 Å². The molecule has 6 nitrogen and oxygen atoms in total. The Labute approximate surface area is 125 Å². The Morgan fingerprint density at radius 1 is 1.38 bits per heavy atom. The second-order valence-electron chi connectivity index (χ2n) is 5.42. The van der Waals surface area contributed by atoms with Gasteiger partial charge in [-0.2, -0.15) is 5.10 Å². The van der Waals surface area contributed by atoms with Crippen molar-refractivity contribution in [3.63, 3.8) is 0 Å². The van der Waals surface area contributed by atoms with Crippen LogP contribution in [0.5, 0.6) is 5.75 Å². The summed E-state index contributed by atoms with van der Waals surface area (Å²) in [5.41, 5.74) is 1.08. The lowest BCUT2D eigenvalue weighted by molar-refractivity contribution is 0.396. The molecular formula is C15H23N5O. The van der Waals surface area contributed by atoms with Crippen molar-refractivity contribution >= 4 is 0 Å². The minimum atomic E-state index is 0.109. The van der Waals surface area contributed by atoms with Gasteiger partial charge in [-0.3, -0.25) is 4.98 Å². The molecule has 0 aliphatic carbocycles. The van der Waals surface area contributed by atoms with Crippen LogP contribution in [0.2, 0.25) is 0 Å². The predicted octanol–water partition coefficient (Wildman–Crippen LogP) is 1.84. The van der Waals surface area contributed by atoms with E-state index in [0.29, 0.717) is 5.92 Å². The maximum absolute atomic E-state index is 5.40. The van der Waals surface area contributed by atoms with Crippen molar-refractivity contribution in [3.8, 4) is 5.75 Å². The summed E-state index contributed by atoms with van der Waals surface area (Å²) in [4.78, 5) is 8.49. The summed E-state index contributed by atoms with van der Waals surface area (Å²) in [6, 6.07) is 2.08. The summed E-state index contributed by atoms with van der Waals surface area (Å²) < 4.78 is 7.37. The molecule has 2 rings (SSSR count). The Morgan fingerprint density at radius 2 is 2.19 bits per heavy atom. The number of nitrogens with one attached hydrogen (secondary N) is 1. The lowest BCUT2D eigenvalue weighted by Crippen LogP contribution is -2.22. The molecule has 0 aromatic carbocycles. The number of likely N-dealkylation sites (N-methyl/N-ethyl adjacent to an activating group) is 1. The second kappa shape index (κ2) is 7.17. The fourth-order valence-electron chi connectivity index (χ4n) is 2.34. The summed E-state index contributed by atoms with van der Waals surface area (Å²) in [5.74, 6) is 2.29. The molecule has 2 aromatic rings. The van der Waals surface area contributed by atoms with Crippen LogP contribution in [-0.4, -0.2) is 33.9 Å². The van der Waals surface area contributed by atoms with Gasteiger partial charge in [0.15, 0.2) is 0 Å². The molecule has 1 N–H and O–H groups in total. The van der Waals surface area contributed by atoms with Crippen LogP contribution in [0.1, 0.15) is 31.3 Å². The van der Waals surface area contributed by atoms with Crippen LogP contribution in [0.3, 0.4) is 0 Å². The quantitative estimate of drug-likeness (QED) is 0.842. The molecule has 0 radical (unpaired) electrons. The highest BCUT2D eigenvalue weighted by Crippen LogP contribution is 2.25. The lowest BCUT2D eigenvalue weighted by atomic mass is 10.0. The Morgan fingerprint density at radius 3 is 2.86 bits per heavy atom. The minimum absolute atomic E-state index is 0.109. The van der Waals surface area contributed by atoms with Gasteiger partial charge >= 0.3 is 0 Å². The molecule has 114 valence electrons. The van der Waals surface area contributed by atoms with Crippen molar-refractivity contribution in [2.75, 3.05) is 14.2 Å². The number of nitrogens with zero attached hydrogens (tertiary/aromatic N) is 4. The first kappa shape index (κ1) is 15.4. The average Bonchev–Trinajstić information content (AvgIpc) is 2.91.